The van der Waals surface area contributed by atoms with E-state index in [-0.39, 0.29) is 5.41 Å². The van der Waals surface area contributed by atoms with Crippen LogP contribution in [-0.2, 0) is 0 Å². The molecular weight excluding hydrogens is 280 g/mol. The normalized spacial score (nSPS) is 13.0. The van der Waals surface area contributed by atoms with Crippen LogP contribution in [0, 0.1) is 5.41 Å². The zero-order valence-corrected chi connectivity index (χ0v) is 15.0. The van der Waals surface area contributed by atoms with Gasteiger partial charge in [-0.25, -0.2) is 0 Å². The van der Waals surface area contributed by atoms with Crippen molar-refractivity contribution in [3.05, 3.63) is 54.1 Å². The minimum atomic E-state index is 0.152. The molecule has 0 spiro atoms. The number of phenols is 1. The van der Waals surface area contributed by atoms with Gasteiger partial charge in [0.2, 0.25) is 0 Å². The summed E-state index contributed by atoms with van der Waals surface area (Å²) in [6.45, 7) is 9.05. The van der Waals surface area contributed by atoms with Crippen molar-refractivity contribution in [1.82, 2.24) is 0 Å². The Bertz CT molecular complexity index is 608. The Balaban J connectivity index is 2.30. The molecule has 0 aliphatic rings. The van der Waals surface area contributed by atoms with Crippen LogP contribution in [0.5, 0.6) is 5.75 Å². The van der Waals surface area contributed by atoms with Crippen LogP contribution >= 0.6 is 0 Å². The van der Waals surface area contributed by atoms with Gasteiger partial charge in [-0.05, 0) is 40.5 Å². The fraction of sp³-hybridized carbons (Fsp3) is 0.455. The molecule has 23 heavy (non-hydrogen) atoms. The SMILES string of the molecule is CCCCCC(c1ccc(-c2ccccc2)cc1O)C(C)(C)C. The van der Waals surface area contributed by atoms with E-state index in [0.717, 1.165) is 23.1 Å². The molecule has 0 saturated heterocycles. The molecule has 124 valence electrons. The zero-order valence-electron chi connectivity index (χ0n) is 15.0. The van der Waals surface area contributed by atoms with Gasteiger partial charge in [0, 0.05) is 0 Å². The Labute approximate surface area is 141 Å². The molecular formula is C22H30O. The van der Waals surface area contributed by atoms with E-state index in [1.54, 1.807) is 0 Å². The van der Waals surface area contributed by atoms with Gasteiger partial charge in [-0.15, -0.1) is 0 Å². The van der Waals surface area contributed by atoms with E-state index in [0.29, 0.717) is 11.7 Å². The van der Waals surface area contributed by atoms with Gasteiger partial charge in [-0.1, -0.05) is 89.4 Å². The van der Waals surface area contributed by atoms with E-state index in [1.165, 1.54) is 19.3 Å². The second-order valence-electron chi connectivity index (χ2n) is 7.55. The molecule has 1 nitrogen and oxygen atoms in total. The third-order valence-corrected chi connectivity index (χ3v) is 4.65. The Morgan fingerprint density at radius 3 is 2.17 bits per heavy atom. The molecule has 1 unspecified atom stereocenters. The number of phenolic OH excluding ortho intramolecular Hbond substituents is 1. The lowest BCUT2D eigenvalue weighted by atomic mass is 9.73. The summed E-state index contributed by atoms with van der Waals surface area (Å²) in [6.07, 6.45) is 4.85. The van der Waals surface area contributed by atoms with E-state index < -0.39 is 0 Å². The van der Waals surface area contributed by atoms with E-state index in [4.69, 9.17) is 0 Å². The van der Waals surface area contributed by atoms with Gasteiger partial charge in [-0.3, -0.25) is 0 Å². The highest BCUT2D eigenvalue weighted by molar-refractivity contribution is 5.66. The van der Waals surface area contributed by atoms with E-state index in [2.05, 4.69) is 52.0 Å². The highest BCUT2D eigenvalue weighted by Gasteiger charge is 2.27. The first kappa shape index (κ1) is 17.6. The molecule has 0 aliphatic carbocycles. The largest absolute Gasteiger partial charge is 0.508 e. The number of hydrogen-bond donors (Lipinski definition) is 1. The fourth-order valence-corrected chi connectivity index (χ4v) is 3.30. The number of unbranched alkanes of at least 4 members (excludes halogenated alkanes) is 2. The maximum Gasteiger partial charge on any atom is 0.119 e. The van der Waals surface area contributed by atoms with Crippen LogP contribution in [0.15, 0.2) is 48.5 Å². The Hall–Kier alpha value is -1.76. The first-order valence-electron chi connectivity index (χ1n) is 8.82. The topological polar surface area (TPSA) is 20.2 Å². The minimum absolute atomic E-state index is 0.152. The average molecular weight is 310 g/mol. The van der Waals surface area contributed by atoms with E-state index in [9.17, 15) is 5.11 Å². The van der Waals surface area contributed by atoms with Crippen LogP contribution in [0.25, 0.3) is 11.1 Å². The Kier molecular flexibility index (Phi) is 5.87. The highest BCUT2D eigenvalue weighted by atomic mass is 16.3. The summed E-state index contributed by atoms with van der Waals surface area (Å²) in [5, 5.41) is 10.6. The van der Waals surface area contributed by atoms with Gasteiger partial charge in [0.05, 0.1) is 0 Å². The van der Waals surface area contributed by atoms with Crippen LogP contribution in [0.2, 0.25) is 0 Å². The lowest BCUT2D eigenvalue weighted by Gasteiger charge is -2.32. The van der Waals surface area contributed by atoms with Crippen LogP contribution in [-0.4, -0.2) is 5.11 Å². The molecule has 1 heteroatoms. The summed E-state index contributed by atoms with van der Waals surface area (Å²) < 4.78 is 0. The van der Waals surface area contributed by atoms with Crippen LogP contribution in [0.3, 0.4) is 0 Å². The monoisotopic (exact) mass is 310 g/mol. The van der Waals surface area contributed by atoms with Gasteiger partial charge in [0.25, 0.3) is 0 Å². The maximum absolute atomic E-state index is 10.6. The molecule has 0 aliphatic heterocycles. The first-order valence-corrected chi connectivity index (χ1v) is 8.82. The molecule has 2 aromatic rings. The molecule has 0 bridgehead atoms. The van der Waals surface area contributed by atoms with Gasteiger partial charge in [0.15, 0.2) is 0 Å². The maximum atomic E-state index is 10.6. The van der Waals surface area contributed by atoms with Gasteiger partial charge in [0.1, 0.15) is 5.75 Å². The summed E-state index contributed by atoms with van der Waals surface area (Å²) in [5.41, 5.74) is 3.47. The molecule has 0 aromatic heterocycles. The molecule has 0 amide bonds. The van der Waals surface area contributed by atoms with Gasteiger partial charge >= 0.3 is 0 Å². The predicted molar refractivity (Wildman–Crippen MR) is 99.9 cm³/mol. The zero-order chi connectivity index (χ0) is 16.9. The van der Waals surface area contributed by atoms with Crippen molar-refractivity contribution in [1.29, 1.82) is 0 Å². The van der Waals surface area contributed by atoms with Crippen LogP contribution in [0.4, 0.5) is 0 Å². The molecule has 0 radical (unpaired) electrons. The highest BCUT2D eigenvalue weighted by Crippen LogP contribution is 2.43. The second kappa shape index (κ2) is 7.68. The summed E-state index contributed by atoms with van der Waals surface area (Å²) in [4.78, 5) is 0. The van der Waals surface area contributed by atoms with Crippen molar-refractivity contribution in [3.63, 3.8) is 0 Å². The fourth-order valence-electron chi connectivity index (χ4n) is 3.30. The minimum Gasteiger partial charge on any atom is -0.508 e. The third-order valence-electron chi connectivity index (χ3n) is 4.65. The summed E-state index contributed by atoms with van der Waals surface area (Å²) >= 11 is 0. The first-order chi connectivity index (χ1) is 10.9. The van der Waals surface area contributed by atoms with Crippen LogP contribution < -0.4 is 0 Å². The van der Waals surface area contributed by atoms with Gasteiger partial charge < -0.3 is 5.11 Å². The Morgan fingerprint density at radius 2 is 1.61 bits per heavy atom. The number of aromatic hydroxyl groups is 1. The van der Waals surface area contributed by atoms with Crippen molar-refractivity contribution < 1.29 is 5.11 Å². The lowest BCUT2D eigenvalue weighted by molar-refractivity contribution is 0.290. The quantitative estimate of drug-likeness (QED) is 0.584. The molecule has 1 atom stereocenters. The van der Waals surface area contributed by atoms with Crippen molar-refractivity contribution in [2.24, 2.45) is 5.41 Å². The van der Waals surface area contributed by atoms with Crippen molar-refractivity contribution in [2.75, 3.05) is 0 Å². The summed E-state index contributed by atoms with van der Waals surface area (Å²) in [5.74, 6) is 0.821. The molecule has 2 aromatic carbocycles. The van der Waals surface area contributed by atoms with Crippen molar-refractivity contribution in [3.8, 4) is 16.9 Å². The molecule has 0 fully saturated rings. The number of benzene rings is 2. The standard InChI is InChI=1S/C22H30O/c1-5-6-8-13-20(22(2,3)4)19-15-14-18(16-21(19)23)17-11-9-7-10-12-17/h7,9-12,14-16,20,23H,5-6,8,13H2,1-4H3. The Morgan fingerprint density at radius 1 is 0.913 bits per heavy atom. The van der Waals surface area contributed by atoms with Crippen molar-refractivity contribution in [2.45, 2.75) is 59.3 Å². The van der Waals surface area contributed by atoms with Crippen LogP contribution in [0.1, 0.15) is 64.9 Å². The number of rotatable bonds is 6. The van der Waals surface area contributed by atoms with E-state index >= 15 is 0 Å². The predicted octanol–water partition coefficient (Wildman–Crippen LogP) is 6.77. The lowest BCUT2D eigenvalue weighted by Crippen LogP contribution is -2.18. The van der Waals surface area contributed by atoms with E-state index in [1.807, 2.05) is 24.3 Å². The van der Waals surface area contributed by atoms with Crippen molar-refractivity contribution >= 4 is 0 Å². The molecule has 0 heterocycles. The molecule has 1 N–H and O–H groups in total. The second-order valence-corrected chi connectivity index (χ2v) is 7.55. The third kappa shape index (κ3) is 4.60. The van der Waals surface area contributed by atoms with Gasteiger partial charge in [-0.2, -0.15) is 0 Å². The number of hydrogen-bond acceptors (Lipinski definition) is 1. The summed E-state index contributed by atoms with van der Waals surface area (Å²) in [6, 6.07) is 16.4. The summed E-state index contributed by atoms with van der Waals surface area (Å²) in [7, 11) is 0. The average Bonchev–Trinajstić information content (AvgIpc) is 2.52. The molecule has 2 rings (SSSR count). The smallest absolute Gasteiger partial charge is 0.119 e. The molecule has 0 saturated carbocycles.